The SMILES string of the molecule is CC(C)Nc1nc(Nc2ccncc2F)nc(-c2ccccc2)n1.[HH].[HH]. The molecule has 0 aliphatic rings. The number of aromatic nitrogens is 4. The van der Waals surface area contributed by atoms with E-state index in [4.69, 9.17) is 0 Å². The second-order valence-corrected chi connectivity index (χ2v) is 5.45. The van der Waals surface area contributed by atoms with Crippen molar-refractivity contribution in [2.24, 2.45) is 0 Å². The number of hydrogen-bond donors (Lipinski definition) is 2. The van der Waals surface area contributed by atoms with Crippen LogP contribution in [0.5, 0.6) is 0 Å². The van der Waals surface area contributed by atoms with Gasteiger partial charge in [-0.15, -0.1) is 0 Å². The number of pyridine rings is 1. The van der Waals surface area contributed by atoms with Crippen LogP contribution in [0.1, 0.15) is 16.7 Å². The van der Waals surface area contributed by atoms with E-state index in [1.807, 2.05) is 44.2 Å². The van der Waals surface area contributed by atoms with Crippen molar-refractivity contribution in [2.45, 2.75) is 19.9 Å². The van der Waals surface area contributed by atoms with E-state index < -0.39 is 5.82 Å². The quantitative estimate of drug-likeness (QED) is 0.733. The van der Waals surface area contributed by atoms with Crippen molar-refractivity contribution in [3.05, 3.63) is 54.6 Å². The molecule has 0 aliphatic carbocycles. The minimum Gasteiger partial charge on any atom is -0.352 e. The number of benzene rings is 1. The fourth-order valence-corrected chi connectivity index (χ4v) is 2.07. The van der Waals surface area contributed by atoms with Crippen LogP contribution < -0.4 is 10.6 Å². The Balaban J connectivity index is 0.00000169. The highest BCUT2D eigenvalue weighted by Gasteiger charge is 2.11. The van der Waals surface area contributed by atoms with Crippen molar-refractivity contribution in [3.8, 4) is 11.4 Å². The zero-order valence-corrected chi connectivity index (χ0v) is 13.4. The second-order valence-electron chi connectivity index (χ2n) is 5.45. The number of nitrogens with one attached hydrogen (secondary N) is 2. The first kappa shape index (κ1) is 15.8. The Morgan fingerprint density at radius 3 is 2.46 bits per heavy atom. The van der Waals surface area contributed by atoms with E-state index in [1.165, 1.54) is 12.3 Å². The molecule has 2 heterocycles. The first-order valence-electron chi connectivity index (χ1n) is 7.56. The van der Waals surface area contributed by atoms with Gasteiger partial charge in [-0.1, -0.05) is 30.3 Å². The van der Waals surface area contributed by atoms with Gasteiger partial charge in [0.1, 0.15) is 0 Å². The molecule has 0 bridgehead atoms. The average molecular weight is 328 g/mol. The Labute approximate surface area is 142 Å². The van der Waals surface area contributed by atoms with Gasteiger partial charge in [-0.05, 0) is 19.9 Å². The van der Waals surface area contributed by atoms with Crippen LogP contribution in [0.15, 0.2) is 48.8 Å². The third-order valence-corrected chi connectivity index (χ3v) is 3.10. The predicted octanol–water partition coefficient (Wildman–Crippen LogP) is 4.13. The molecule has 3 rings (SSSR count). The third kappa shape index (κ3) is 3.81. The van der Waals surface area contributed by atoms with Crippen molar-refractivity contribution >= 4 is 17.6 Å². The van der Waals surface area contributed by atoms with Crippen molar-refractivity contribution in [2.75, 3.05) is 10.6 Å². The van der Waals surface area contributed by atoms with E-state index >= 15 is 0 Å². The normalized spacial score (nSPS) is 10.7. The van der Waals surface area contributed by atoms with Crippen LogP contribution in [0.2, 0.25) is 0 Å². The molecule has 1 aromatic carbocycles. The fraction of sp³-hybridized carbons (Fsp3) is 0.176. The first-order chi connectivity index (χ1) is 11.6. The zero-order chi connectivity index (χ0) is 16.9. The van der Waals surface area contributed by atoms with Gasteiger partial charge in [-0.3, -0.25) is 4.98 Å². The molecule has 2 aromatic heterocycles. The summed E-state index contributed by atoms with van der Waals surface area (Å²) in [6, 6.07) is 11.2. The summed E-state index contributed by atoms with van der Waals surface area (Å²) in [5.74, 6) is 0.719. The van der Waals surface area contributed by atoms with Gasteiger partial charge in [0.05, 0.1) is 11.9 Å². The van der Waals surface area contributed by atoms with Crippen LogP contribution in [-0.2, 0) is 0 Å². The van der Waals surface area contributed by atoms with E-state index in [2.05, 4.69) is 30.6 Å². The first-order valence-corrected chi connectivity index (χ1v) is 7.56. The third-order valence-electron chi connectivity index (χ3n) is 3.10. The molecule has 0 unspecified atom stereocenters. The van der Waals surface area contributed by atoms with Gasteiger partial charge in [0.25, 0.3) is 0 Å². The average Bonchev–Trinajstić information content (AvgIpc) is 2.57. The molecule has 0 radical (unpaired) electrons. The highest BCUT2D eigenvalue weighted by atomic mass is 19.1. The molecule has 0 fully saturated rings. The minimum atomic E-state index is -0.474. The zero-order valence-electron chi connectivity index (χ0n) is 13.4. The van der Waals surface area contributed by atoms with Crippen LogP contribution in [-0.4, -0.2) is 26.0 Å². The van der Waals surface area contributed by atoms with E-state index in [0.717, 1.165) is 11.8 Å². The van der Waals surface area contributed by atoms with E-state index in [9.17, 15) is 4.39 Å². The Morgan fingerprint density at radius 1 is 1.00 bits per heavy atom. The van der Waals surface area contributed by atoms with E-state index in [1.54, 1.807) is 0 Å². The van der Waals surface area contributed by atoms with Gasteiger partial charge in [0.15, 0.2) is 11.6 Å². The molecule has 2 N–H and O–H groups in total. The van der Waals surface area contributed by atoms with Gasteiger partial charge in [0, 0.05) is 20.7 Å². The molecule has 24 heavy (non-hydrogen) atoms. The minimum absolute atomic E-state index is 0. The maximum Gasteiger partial charge on any atom is 0.232 e. The van der Waals surface area contributed by atoms with Gasteiger partial charge >= 0.3 is 0 Å². The van der Waals surface area contributed by atoms with Crippen LogP contribution >= 0.6 is 0 Å². The lowest BCUT2D eigenvalue weighted by Gasteiger charge is -2.12. The Morgan fingerprint density at radius 2 is 1.75 bits per heavy atom. The molecule has 126 valence electrons. The van der Waals surface area contributed by atoms with Gasteiger partial charge in [0.2, 0.25) is 11.9 Å². The Kier molecular flexibility index (Phi) is 4.60. The van der Waals surface area contributed by atoms with Gasteiger partial charge in [-0.2, -0.15) is 15.0 Å². The maximum absolute atomic E-state index is 13.8. The highest BCUT2D eigenvalue weighted by molar-refractivity contribution is 5.61. The lowest BCUT2D eigenvalue weighted by atomic mass is 10.2. The van der Waals surface area contributed by atoms with Crippen LogP contribution in [0, 0.1) is 5.82 Å². The van der Waals surface area contributed by atoms with Crippen LogP contribution in [0.25, 0.3) is 11.4 Å². The maximum atomic E-state index is 13.8. The van der Waals surface area contributed by atoms with E-state index in [-0.39, 0.29) is 20.5 Å². The summed E-state index contributed by atoms with van der Waals surface area (Å²) in [5, 5.41) is 6.03. The largest absolute Gasteiger partial charge is 0.352 e. The topological polar surface area (TPSA) is 75.6 Å². The number of rotatable bonds is 5. The standard InChI is InChI=1S/C17H17FN6.2H2/c1-11(2)20-16-22-15(12-6-4-3-5-7-12)23-17(24-16)21-14-8-9-19-10-13(14)18;;/h3-11H,1-2H3,(H2,19,20,21,22,23,24);2*1H. The van der Waals surface area contributed by atoms with Crippen molar-refractivity contribution in [1.29, 1.82) is 0 Å². The second kappa shape index (κ2) is 6.99. The van der Waals surface area contributed by atoms with Gasteiger partial charge < -0.3 is 10.6 Å². The summed E-state index contributed by atoms with van der Waals surface area (Å²) in [5.41, 5.74) is 1.11. The van der Waals surface area contributed by atoms with Crippen LogP contribution in [0.3, 0.4) is 0 Å². The van der Waals surface area contributed by atoms with E-state index in [0.29, 0.717) is 11.8 Å². The molecular weight excluding hydrogens is 307 g/mol. The molecule has 6 nitrogen and oxygen atoms in total. The molecular formula is C17H21FN6. The molecule has 0 spiro atoms. The summed E-state index contributed by atoms with van der Waals surface area (Å²) in [4.78, 5) is 16.8. The number of anilines is 3. The lowest BCUT2D eigenvalue weighted by Crippen LogP contribution is -2.14. The smallest absolute Gasteiger partial charge is 0.232 e. The fourth-order valence-electron chi connectivity index (χ4n) is 2.07. The molecule has 0 amide bonds. The summed E-state index contributed by atoms with van der Waals surface area (Å²) in [6.07, 6.45) is 2.63. The molecule has 7 heteroatoms. The molecule has 3 aromatic rings. The molecule has 0 aliphatic heterocycles. The summed E-state index contributed by atoms with van der Waals surface area (Å²) in [7, 11) is 0. The Bertz CT molecular complexity index is 832. The Hall–Kier alpha value is -3.09. The molecule has 0 saturated heterocycles. The number of nitrogens with zero attached hydrogens (tertiary/aromatic N) is 4. The molecule has 0 saturated carbocycles. The van der Waals surface area contributed by atoms with Crippen molar-refractivity contribution in [3.63, 3.8) is 0 Å². The highest BCUT2D eigenvalue weighted by Crippen LogP contribution is 2.21. The number of hydrogen-bond acceptors (Lipinski definition) is 6. The molecule has 0 atom stereocenters. The summed E-state index contributed by atoms with van der Waals surface area (Å²) in [6.45, 7) is 3.98. The number of halogens is 1. The monoisotopic (exact) mass is 328 g/mol. The van der Waals surface area contributed by atoms with Crippen molar-refractivity contribution in [1.82, 2.24) is 19.9 Å². The summed E-state index contributed by atoms with van der Waals surface area (Å²) < 4.78 is 13.8. The summed E-state index contributed by atoms with van der Waals surface area (Å²) >= 11 is 0. The van der Waals surface area contributed by atoms with Crippen molar-refractivity contribution < 1.29 is 7.24 Å². The van der Waals surface area contributed by atoms with Gasteiger partial charge in [-0.25, -0.2) is 4.39 Å². The van der Waals surface area contributed by atoms with Crippen LogP contribution in [0.4, 0.5) is 22.0 Å². The predicted molar refractivity (Wildman–Crippen MR) is 95.7 cm³/mol. The lowest BCUT2D eigenvalue weighted by molar-refractivity contribution is 0.625.